The van der Waals surface area contributed by atoms with Crippen LogP contribution in [-0.4, -0.2) is 83.6 Å². The molecule has 0 saturated carbocycles. The molecule has 0 aliphatic carbocycles. The highest BCUT2D eigenvalue weighted by Crippen LogP contribution is 2.28. The van der Waals surface area contributed by atoms with Gasteiger partial charge in [-0.05, 0) is 46.8 Å². The molecule has 10 nitrogen and oxygen atoms in total. The Morgan fingerprint density at radius 1 is 0.925 bits per heavy atom. The van der Waals surface area contributed by atoms with E-state index in [0.29, 0.717) is 37.6 Å². The molecule has 40 heavy (non-hydrogen) atoms. The Bertz CT molecular complexity index is 1410. The zero-order valence-electron chi connectivity index (χ0n) is 22.6. The van der Waals surface area contributed by atoms with Crippen LogP contribution in [0.5, 0.6) is 5.75 Å². The second-order valence-corrected chi connectivity index (χ2v) is 11.9. The Hall–Kier alpha value is -3.29. The standard InChI is InChI=1S/C28H32N2O8S2/c1-35-23-6-4-5-22(17-23)24(38-19-20-7-9-21(10-8-20)27(31)36-2)18-29-12-14-30(15-13-29)40(33,34)25-11-16-39-26(25)28(32)37-3/h4-11,16-17,24H,12-15,18-19H2,1-3H3. The number of rotatable bonds is 11. The van der Waals surface area contributed by atoms with Gasteiger partial charge in [-0.1, -0.05) is 24.3 Å². The van der Waals surface area contributed by atoms with Gasteiger partial charge in [0.2, 0.25) is 10.0 Å². The van der Waals surface area contributed by atoms with Crippen LogP contribution in [0, 0.1) is 0 Å². The highest BCUT2D eigenvalue weighted by Gasteiger charge is 2.33. The number of carbonyl (C=O) groups is 2. The number of nitrogens with zero attached hydrogens (tertiary/aromatic N) is 2. The van der Waals surface area contributed by atoms with E-state index < -0.39 is 22.0 Å². The van der Waals surface area contributed by atoms with E-state index in [1.54, 1.807) is 24.6 Å². The summed E-state index contributed by atoms with van der Waals surface area (Å²) in [5.74, 6) is -0.351. The fraction of sp³-hybridized carbons (Fsp3) is 0.357. The van der Waals surface area contributed by atoms with Gasteiger partial charge in [-0.25, -0.2) is 18.0 Å². The first-order valence-electron chi connectivity index (χ1n) is 12.6. The normalized spacial score (nSPS) is 15.4. The molecule has 1 aromatic heterocycles. The molecule has 1 unspecified atom stereocenters. The summed E-state index contributed by atoms with van der Waals surface area (Å²) in [7, 11) is 0.342. The van der Waals surface area contributed by atoms with E-state index >= 15 is 0 Å². The molecule has 0 bridgehead atoms. The number of benzene rings is 2. The third-order valence-corrected chi connectivity index (χ3v) is 9.63. The predicted molar refractivity (Wildman–Crippen MR) is 149 cm³/mol. The Morgan fingerprint density at radius 2 is 1.62 bits per heavy atom. The lowest BCUT2D eigenvalue weighted by Gasteiger charge is -2.35. The van der Waals surface area contributed by atoms with Gasteiger partial charge >= 0.3 is 11.9 Å². The number of methoxy groups -OCH3 is 3. The van der Waals surface area contributed by atoms with Crippen molar-refractivity contribution >= 4 is 33.3 Å². The van der Waals surface area contributed by atoms with Gasteiger partial charge in [0.25, 0.3) is 0 Å². The maximum atomic E-state index is 13.3. The summed E-state index contributed by atoms with van der Waals surface area (Å²) in [5.41, 5.74) is 2.29. The molecule has 0 radical (unpaired) electrons. The Morgan fingerprint density at radius 3 is 2.27 bits per heavy atom. The molecule has 1 fully saturated rings. The summed E-state index contributed by atoms with van der Waals surface area (Å²) in [6.45, 7) is 2.39. The monoisotopic (exact) mass is 588 g/mol. The largest absolute Gasteiger partial charge is 0.497 e. The minimum atomic E-state index is -3.84. The lowest BCUT2D eigenvalue weighted by Crippen LogP contribution is -2.49. The second-order valence-electron chi connectivity index (χ2n) is 9.08. The Balaban J connectivity index is 1.44. The molecule has 2 aromatic carbocycles. The molecule has 1 atom stereocenters. The van der Waals surface area contributed by atoms with Gasteiger partial charge in [-0.3, -0.25) is 4.90 Å². The summed E-state index contributed by atoms with van der Waals surface area (Å²) in [6, 6.07) is 16.2. The molecule has 214 valence electrons. The first kappa shape index (κ1) is 29.7. The molecule has 4 rings (SSSR count). The SMILES string of the molecule is COC(=O)c1ccc(COC(CN2CCN(S(=O)(=O)c3ccsc3C(=O)OC)CC2)c2cccc(OC)c2)cc1. The average molecular weight is 589 g/mol. The van der Waals surface area contributed by atoms with Crippen molar-refractivity contribution < 1.29 is 37.0 Å². The van der Waals surface area contributed by atoms with Crippen molar-refractivity contribution in [2.24, 2.45) is 0 Å². The van der Waals surface area contributed by atoms with E-state index in [-0.39, 0.29) is 29.0 Å². The number of piperazine rings is 1. The van der Waals surface area contributed by atoms with Gasteiger partial charge in [0.05, 0.1) is 39.6 Å². The van der Waals surface area contributed by atoms with Crippen LogP contribution < -0.4 is 4.74 Å². The second kappa shape index (κ2) is 13.4. The highest BCUT2D eigenvalue weighted by atomic mass is 32.2. The highest BCUT2D eigenvalue weighted by molar-refractivity contribution is 7.89. The van der Waals surface area contributed by atoms with Crippen molar-refractivity contribution in [3.8, 4) is 5.75 Å². The van der Waals surface area contributed by atoms with Crippen LogP contribution in [0.4, 0.5) is 0 Å². The molecular weight excluding hydrogens is 556 g/mol. The van der Waals surface area contributed by atoms with Crippen LogP contribution in [-0.2, 0) is 30.8 Å². The first-order chi connectivity index (χ1) is 19.3. The molecule has 0 amide bonds. The molecule has 1 saturated heterocycles. The van der Waals surface area contributed by atoms with Crippen LogP contribution in [0.3, 0.4) is 0 Å². The molecule has 2 heterocycles. The fourth-order valence-corrected chi connectivity index (χ4v) is 7.15. The zero-order valence-corrected chi connectivity index (χ0v) is 24.2. The summed E-state index contributed by atoms with van der Waals surface area (Å²) in [5, 5.41) is 1.58. The third kappa shape index (κ3) is 6.88. The van der Waals surface area contributed by atoms with Gasteiger partial charge in [-0.15, -0.1) is 11.3 Å². The summed E-state index contributed by atoms with van der Waals surface area (Å²) < 4.78 is 49.3. The number of thiophene rings is 1. The summed E-state index contributed by atoms with van der Waals surface area (Å²) in [4.78, 5) is 26.0. The van der Waals surface area contributed by atoms with E-state index in [1.807, 2.05) is 36.4 Å². The zero-order chi connectivity index (χ0) is 28.7. The van der Waals surface area contributed by atoms with Crippen LogP contribution >= 0.6 is 11.3 Å². The van der Waals surface area contributed by atoms with Crippen molar-refractivity contribution in [2.75, 3.05) is 54.1 Å². The van der Waals surface area contributed by atoms with E-state index in [4.69, 9.17) is 18.9 Å². The van der Waals surface area contributed by atoms with Gasteiger partial charge in [-0.2, -0.15) is 4.31 Å². The molecule has 0 spiro atoms. The van der Waals surface area contributed by atoms with Crippen molar-refractivity contribution in [3.63, 3.8) is 0 Å². The molecule has 1 aliphatic heterocycles. The van der Waals surface area contributed by atoms with Crippen molar-refractivity contribution in [1.82, 2.24) is 9.21 Å². The molecule has 3 aromatic rings. The van der Waals surface area contributed by atoms with Gasteiger partial charge in [0, 0.05) is 32.7 Å². The number of hydrogen-bond donors (Lipinski definition) is 0. The maximum Gasteiger partial charge on any atom is 0.349 e. The molecule has 0 N–H and O–H groups in total. The van der Waals surface area contributed by atoms with Gasteiger partial charge in [0.15, 0.2) is 0 Å². The van der Waals surface area contributed by atoms with E-state index in [9.17, 15) is 18.0 Å². The van der Waals surface area contributed by atoms with Crippen LogP contribution in [0.2, 0.25) is 0 Å². The lowest BCUT2D eigenvalue weighted by molar-refractivity contribution is 0.00760. The van der Waals surface area contributed by atoms with Gasteiger partial charge in [0.1, 0.15) is 15.5 Å². The van der Waals surface area contributed by atoms with Crippen molar-refractivity contribution in [1.29, 1.82) is 0 Å². The lowest BCUT2D eigenvalue weighted by atomic mass is 10.1. The number of ether oxygens (including phenoxy) is 4. The number of esters is 2. The average Bonchev–Trinajstić information content (AvgIpc) is 3.50. The number of sulfonamides is 1. The minimum Gasteiger partial charge on any atom is -0.497 e. The number of hydrogen-bond acceptors (Lipinski definition) is 10. The van der Waals surface area contributed by atoms with Gasteiger partial charge < -0.3 is 18.9 Å². The van der Waals surface area contributed by atoms with E-state index in [1.165, 1.54) is 24.6 Å². The van der Waals surface area contributed by atoms with E-state index in [2.05, 4.69) is 4.90 Å². The van der Waals surface area contributed by atoms with Crippen molar-refractivity contribution in [3.05, 3.63) is 81.5 Å². The van der Waals surface area contributed by atoms with Crippen LogP contribution in [0.15, 0.2) is 64.9 Å². The smallest absolute Gasteiger partial charge is 0.349 e. The minimum absolute atomic E-state index is 0.0198. The Kier molecular flexibility index (Phi) is 9.93. The topological polar surface area (TPSA) is 112 Å². The van der Waals surface area contributed by atoms with Crippen molar-refractivity contribution in [2.45, 2.75) is 17.6 Å². The first-order valence-corrected chi connectivity index (χ1v) is 14.9. The molecular formula is C28H32N2O8S2. The summed E-state index contributed by atoms with van der Waals surface area (Å²) >= 11 is 1.05. The number of carbonyl (C=O) groups excluding carboxylic acids is 2. The molecule has 1 aliphatic rings. The predicted octanol–water partition coefficient (Wildman–Crippen LogP) is 3.59. The van der Waals surface area contributed by atoms with Crippen LogP contribution in [0.1, 0.15) is 37.3 Å². The molecule has 12 heteroatoms. The van der Waals surface area contributed by atoms with Crippen LogP contribution in [0.25, 0.3) is 0 Å². The summed E-state index contributed by atoms with van der Waals surface area (Å²) in [6.07, 6.45) is -0.318. The quantitative estimate of drug-likeness (QED) is 0.310. The maximum absolute atomic E-state index is 13.3. The fourth-order valence-electron chi connectivity index (χ4n) is 4.42. The Labute approximate surface area is 238 Å². The third-order valence-electron chi connectivity index (χ3n) is 6.66. The van der Waals surface area contributed by atoms with E-state index in [0.717, 1.165) is 22.5 Å².